The quantitative estimate of drug-likeness (QED) is 0.840. The van der Waals surface area contributed by atoms with E-state index in [9.17, 15) is 8.42 Å². The number of sulfonamides is 1. The van der Waals surface area contributed by atoms with Gasteiger partial charge in [0.2, 0.25) is 10.0 Å². The topological polar surface area (TPSA) is 68.1 Å². The van der Waals surface area contributed by atoms with E-state index in [4.69, 9.17) is 0 Å². The van der Waals surface area contributed by atoms with Crippen molar-refractivity contribution in [2.45, 2.75) is 11.4 Å². The third-order valence-electron chi connectivity index (χ3n) is 2.55. The number of nitrogens with zero attached hydrogens (tertiary/aromatic N) is 4. The second-order valence-electron chi connectivity index (χ2n) is 4.12. The van der Waals surface area contributed by atoms with E-state index >= 15 is 0 Å². The zero-order chi connectivity index (χ0) is 14.0. The van der Waals surface area contributed by atoms with Crippen LogP contribution in [0.4, 0.5) is 0 Å². The highest BCUT2D eigenvalue weighted by Crippen LogP contribution is 2.19. The Kier molecular flexibility index (Phi) is 4.02. The minimum atomic E-state index is -3.55. The molecule has 102 valence electrons. The number of rotatable bonds is 4. The third kappa shape index (κ3) is 3.20. The van der Waals surface area contributed by atoms with Crippen LogP contribution < -0.4 is 0 Å². The Hall–Kier alpha value is -1.25. The molecule has 8 heteroatoms. The first-order valence-electron chi connectivity index (χ1n) is 5.44. The Labute approximate surface area is 120 Å². The highest BCUT2D eigenvalue weighted by atomic mass is 79.9. The summed E-state index contributed by atoms with van der Waals surface area (Å²) in [6, 6.07) is 1.53. The van der Waals surface area contributed by atoms with Gasteiger partial charge in [-0.1, -0.05) is 0 Å². The van der Waals surface area contributed by atoms with Gasteiger partial charge in [-0.15, -0.1) is 0 Å². The summed E-state index contributed by atoms with van der Waals surface area (Å²) >= 11 is 3.22. The van der Waals surface area contributed by atoms with E-state index in [1.807, 2.05) is 0 Å². The fourth-order valence-corrected chi connectivity index (χ4v) is 3.27. The molecular formula is C11H13BrN4O2S. The second kappa shape index (κ2) is 5.40. The van der Waals surface area contributed by atoms with E-state index in [-0.39, 0.29) is 11.4 Å². The molecule has 0 bridgehead atoms. The molecule has 0 aliphatic carbocycles. The number of halogens is 1. The normalized spacial score (nSPS) is 12.0. The largest absolute Gasteiger partial charge is 0.275 e. The first-order chi connectivity index (χ1) is 8.89. The number of aromatic nitrogens is 3. The fourth-order valence-electron chi connectivity index (χ4n) is 1.61. The van der Waals surface area contributed by atoms with Gasteiger partial charge in [-0.2, -0.15) is 9.40 Å². The summed E-state index contributed by atoms with van der Waals surface area (Å²) in [5, 5.41) is 4.01. The minimum Gasteiger partial charge on any atom is -0.275 e. The maximum Gasteiger partial charge on any atom is 0.244 e. The van der Waals surface area contributed by atoms with E-state index in [2.05, 4.69) is 26.0 Å². The number of hydrogen-bond acceptors (Lipinski definition) is 4. The van der Waals surface area contributed by atoms with Crippen molar-refractivity contribution in [1.82, 2.24) is 19.1 Å². The molecule has 2 aromatic rings. The highest BCUT2D eigenvalue weighted by Gasteiger charge is 2.21. The SMILES string of the molecule is CN(Cc1cnn(C)c1)S(=O)(=O)c1cncc(Br)c1. The van der Waals surface area contributed by atoms with Crippen LogP contribution in [-0.2, 0) is 23.6 Å². The summed E-state index contributed by atoms with van der Waals surface area (Å²) in [4.78, 5) is 4.04. The van der Waals surface area contributed by atoms with Crippen molar-refractivity contribution in [3.8, 4) is 0 Å². The Balaban J connectivity index is 2.24. The van der Waals surface area contributed by atoms with E-state index in [1.54, 1.807) is 30.3 Å². The third-order valence-corrected chi connectivity index (χ3v) is 4.75. The Bertz CT molecular complexity index is 684. The van der Waals surface area contributed by atoms with Crippen LogP contribution in [0.1, 0.15) is 5.56 Å². The van der Waals surface area contributed by atoms with Gasteiger partial charge < -0.3 is 0 Å². The molecule has 0 aliphatic rings. The molecule has 0 fully saturated rings. The molecule has 0 aliphatic heterocycles. The smallest absolute Gasteiger partial charge is 0.244 e. The number of aryl methyl sites for hydroxylation is 1. The zero-order valence-electron chi connectivity index (χ0n) is 10.5. The van der Waals surface area contributed by atoms with Crippen molar-refractivity contribution in [1.29, 1.82) is 0 Å². The summed E-state index contributed by atoms with van der Waals surface area (Å²) < 4.78 is 28.2. The minimum absolute atomic E-state index is 0.160. The predicted molar refractivity (Wildman–Crippen MR) is 73.8 cm³/mol. The first-order valence-corrected chi connectivity index (χ1v) is 7.67. The van der Waals surface area contributed by atoms with Crippen LogP contribution in [0.3, 0.4) is 0 Å². The van der Waals surface area contributed by atoms with Gasteiger partial charge in [-0.3, -0.25) is 9.67 Å². The molecule has 0 aromatic carbocycles. The standard InChI is InChI=1S/C11H13BrN4O2S/c1-15-7-9(4-14-15)8-16(2)19(17,18)11-3-10(12)5-13-6-11/h3-7H,8H2,1-2H3. The van der Waals surface area contributed by atoms with Crippen molar-refractivity contribution in [2.75, 3.05) is 7.05 Å². The summed E-state index contributed by atoms with van der Waals surface area (Å²) in [6.07, 6.45) is 6.30. The van der Waals surface area contributed by atoms with E-state index in [0.717, 1.165) is 5.56 Å². The molecule has 0 amide bonds. The highest BCUT2D eigenvalue weighted by molar-refractivity contribution is 9.10. The monoisotopic (exact) mass is 344 g/mol. The molecule has 6 nitrogen and oxygen atoms in total. The molecule has 0 spiro atoms. The van der Waals surface area contributed by atoms with Crippen LogP contribution in [0.2, 0.25) is 0 Å². The molecule has 0 atom stereocenters. The fraction of sp³-hybridized carbons (Fsp3) is 0.273. The first kappa shape index (κ1) is 14.2. The van der Waals surface area contributed by atoms with Crippen LogP contribution in [-0.4, -0.2) is 34.5 Å². The molecular weight excluding hydrogens is 332 g/mol. The van der Waals surface area contributed by atoms with Crippen LogP contribution in [0.15, 0.2) is 40.2 Å². The lowest BCUT2D eigenvalue weighted by atomic mass is 10.4. The van der Waals surface area contributed by atoms with E-state index in [0.29, 0.717) is 4.47 Å². The van der Waals surface area contributed by atoms with E-state index in [1.165, 1.54) is 23.6 Å². The summed E-state index contributed by atoms with van der Waals surface area (Å²) in [7, 11) is -0.228. The van der Waals surface area contributed by atoms with Crippen molar-refractivity contribution in [2.24, 2.45) is 7.05 Å². The van der Waals surface area contributed by atoms with Crippen LogP contribution in [0, 0.1) is 0 Å². The Morgan fingerprint density at radius 2 is 2.11 bits per heavy atom. The van der Waals surface area contributed by atoms with Crippen molar-refractivity contribution < 1.29 is 8.42 Å². The van der Waals surface area contributed by atoms with Crippen molar-refractivity contribution in [3.63, 3.8) is 0 Å². The molecule has 2 aromatic heterocycles. The maximum atomic E-state index is 12.3. The van der Waals surface area contributed by atoms with Gasteiger partial charge in [0.05, 0.1) is 6.20 Å². The number of pyridine rings is 1. The van der Waals surface area contributed by atoms with Gasteiger partial charge in [0.15, 0.2) is 0 Å². The average molecular weight is 345 g/mol. The molecule has 0 saturated heterocycles. The number of hydrogen-bond donors (Lipinski definition) is 0. The molecule has 2 rings (SSSR count). The molecule has 0 unspecified atom stereocenters. The molecule has 0 N–H and O–H groups in total. The molecule has 0 saturated carbocycles. The van der Waals surface area contributed by atoms with Gasteiger partial charge in [-0.25, -0.2) is 8.42 Å². The van der Waals surface area contributed by atoms with Crippen LogP contribution in [0.25, 0.3) is 0 Å². The van der Waals surface area contributed by atoms with Crippen molar-refractivity contribution >= 4 is 26.0 Å². The summed E-state index contributed by atoms with van der Waals surface area (Å²) in [5.74, 6) is 0. The van der Waals surface area contributed by atoms with Gasteiger partial charge in [0, 0.05) is 49.3 Å². The predicted octanol–water partition coefficient (Wildman–Crippen LogP) is 1.40. The molecule has 0 radical (unpaired) electrons. The lowest BCUT2D eigenvalue weighted by Crippen LogP contribution is -2.26. The van der Waals surface area contributed by atoms with Gasteiger partial charge >= 0.3 is 0 Å². The summed E-state index contributed by atoms with van der Waals surface area (Å²) in [5.41, 5.74) is 0.830. The van der Waals surface area contributed by atoms with E-state index < -0.39 is 10.0 Å². The van der Waals surface area contributed by atoms with Gasteiger partial charge in [-0.05, 0) is 22.0 Å². The maximum absolute atomic E-state index is 12.3. The summed E-state index contributed by atoms with van der Waals surface area (Å²) in [6.45, 7) is 0.267. The second-order valence-corrected chi connectivity index (χ2v) is 7.08. The molecule has 19 heavy (non-hydrogen) atoms. The van der Waals surface area contributed by atoms with Gasteiger partial charge in [0.25, 0.3) is 0 Å². The Morgan fingerprint density at radius 3 is 2.68 bits per heavy atom. The average Bonchev–Trinajstić information content (AvgIpc) is 2.74. The van der Waals surface area contributed by atoms with Crippen molar-refractivity contribution in [3.05, 3.63) is 40.9 Å². The Morgan fingerprint density at radius 1 is 1.37 bits per heavy atom. The van der Waals surface area contributed by atoms with Gasteiger partial charge in [0.1, 0.15) is 4.90 Å². The lowest BCUT2D eigenvalue weighted by Gasteiger charge is -2.16. The van der Waals surface area contributed by atoms with Crippen LogP contribution in [0.5, 0.6) is 0 Å². The lowest BCUT2D eigenvalue weighted by molar-refractivity contribution is 0.466. The molecule has 2 heterocycles. The zero-order valence-corrected chi connectivity index (χ0v) is 12.9. The van der Waals surface area contributed by atoms with Crippen LogP contribution >= 0.6 is 15.9 Å².